The first-order valence-corrected chi connectivity index (χ1v) is 6.50. The normalized spacial score (nSPS) is 12.6. The Morgan fingerprint density at radius 2 is 1.80 bits per heavy atom. The standard InChI is InChI=1S/C15H22N2O3/c1-15(2,3)17-12(18)10-16-13(14(19)20-4)11-8-6-5-7-9-11/h5-9,13,16H,10H2,1-4H3,(H,17,18). The van der Waals surface area contributed by atoms with Gasteiger partial charge in [-0.05, 0) is 26.3 Å². The Balaban J connectivity index is 2.68. The van der Waals surface area contributed by atoms with E-state index in [4.69, 9.17) is 4.74 Å². The Morgan fingerprint density at radius 1 is 1.20 bits per heavy atom. The number of amides is 1. The molecule has 0 saturated carbocycles. The van der Waals surface area contributed by atoms with Crippen molar-refractivity contribution < 1.29 is 14.3 Å². The Labute approximate surface area is 119 Å². The molecule has 0 fully saturated rings. The molecule has 1 amide bonds. The van der Waals surface area contributed by atoms with Crippen LogP contribution in [0, 0.1) is 0 Å². The van der Waals surface area contributed by atoms with Crippen molar-refractivity contribution in [2.75, 3.05) is 13.7 Å². The zero-order valence-electron chi connectivity index (χ0n) is 12.4. The first kappa shape index (κ1) is 16.2. The molecule has 5 nitrogen and oxygen atoms in total. The van der Waals surface area contributed by atoms with Crippen LogP contribution < -0.4 is 10.6 Å². The number of nitrogens with one attached hydrogen (secondary N) is 2. The lowest BCUT2D eigenvalue weighted by Gasteiger charge is -2.22. The van der Waals surface area contributed by atoms with E-state index in [1.165, 1.54) is 7.11 Å². The molecule has 20 heavy (non-hydrogen) atoms. The largest absolute Gasteiger partial charge is 0.468 e. The molecule has 1 aromatic rings. The third-order valence-electron chi connectivity index (χ3n) is 2.55. The molecule has 0 bridgehead atoms. The van der Waals surface area contributed by atoms with Crippen molar-refractivity contribution in [3.8, 4) is 0 Å². The highest BCUT2D eigenvalue weighted by molar-refractivity contribution is 5.81. The van der Waals surface area contributed by atoms with Crippen LogP contribution in [0.15, 0.2) is 30.3 Å². The summed E-state index contributed by atoms with van der Waals surface area (Å²) >= 11 is 0. The maximum atomic E-state index is 11.8. The fraction of sp³-hybridized carbons (Fsp3) is 0.467. The van der Waals surface area contributed by atoms with Crippen molar-refractivity contribution in [3.63, 3.8) is 0 Å². The van der Waals surface area contributed by atoms with Crippen LogP contribution in [0.5, 0.6) is 0 Å². The molecule has 0 spiro atoms. The van der Waals surface area contributed by atoms with Gasteiger partial charge in [-0.15, -0.1) is 0 Å². The molecule has 0 radical (unpaired) electrons. The lowest BCUT2D eigenvalue weighted by Crippen LogP contribution is -2.46. The average Bonchev–Trinajstić information content (AvgIpc) is 2.37. The minimum Gasteiger partial charge on any atom is -0.468 e. The molecule has 0 aliphatic rings. The number of benzene rings is 1. The van der Waals surface area contributed by atoms with Gasteiger partial charge in [0.05, 0.1) is 13.7 Å². The topological polar surface area (TPSA) is 67.4 Å². The molecular weight excluding hydrogens is 256 g/mol. The summed E-state index contributed by atoms with van der Waals surface area (Å²) in [5.41, 5.74) is 0.467. The SMILES string of the molecule is COC(=O)C(NCC(=O)NC(C)(C)C)c1ccccc1. The smallest absolute Gasteiger partial charge is 0.327 e. The second-order valence-electron chi connectivity index (χ2n) is 5.55. The average molecular weight is 278 g/mol. The first-order chi connectivity index (χ1) is 9.33. The maximum Gasteiger partial charge on any atom is 0.327 e. The summed E-state index contributed by atoms with van der Waals surface area (Å²) in [7, 11) is 1.33. The predicted octanol–water partition coefficient (Wildman–Crippen LogP) is 1.40. The van der Waals surface area contributed by atoms with E-state index in [9.17, 15) is 9.59 Å². The van der Waals surface area contributed by atoms with Gasteiger partial charge in [0.25, 0.3) is 0 Å². The molecule has 1 unspecified atom stereocenters. The molecule has 1 atom stereocenters. The summed E-state index contributed by atoms with van der Waals surface area (Å²) in [6, 6.07) is 8.52. The van der Waals surface area contributed by atoms with E-state index in [-0.39, 0.29) is 18.0 Å². The highest BCUT2D eigenvalue weighted by Gasteiger charge is 2.22. The van der Waals surface area contributed by atoms with Crippen molar-refractivity contribution in [1.29, 1.82) is 0 Å². The summed E-state index contributed by atoms with van der Waals surface area (Å²) in [5, 5.41) is 5.75. The highest BCUT2D eigenvalue weighted by Crippen LogP contribution is 2.13. The molecule has 0 aliphatic heterocycles. The van der Waals surface area contributed by atoms with Crippen LogP contribution in [0.1, 0.15) is 32.4 Å². The zero-order chi connectivity index (χ0) is 15.2. The maximum absolute atomic E-state index is 11.8. The molecule has 5 heteroatoms. The Bertz CT molecular complexity index is 452. The van der Waals surface area contributed by atoms with E-state index >= 15 is 0 Å². The van der Waals surface area contributed by atoms with Crippen LogP contribution in [-0.2, 0) is 14.3 Å². The number of hydrogen-bond donors (Lipinski definition) is 2. The number of carbonyl (C=O) groups is 2. The van der Waals surface area contributed by atoms with E-state index < -0.39 is 12.0 Å². The summed E-state index contributed by atoms with van der Waals surface area (Å²) in [4.78, 5) is 23.6. The van der Waals surface area contributed by atoms with Gasteiger partial charge in [-0.2, -0.15) is 0 Å². The fourth-order valence-electron chi connectivity index (χ4n) is 1.76. The Hall–Kier alpha value is -1.88. The summed E-state index contributed by atoms with van der Waals surface area (Å²) < 4.78 is 4.77. The summed E-state index contributed by atoms with van der Waals surface area (Å²) in [5.74, 6) is -0.581. The molecule has 0 aliphatic carbocycles. The number of rotatable bonds is 5. The van der Waals surface area contributed by atoms with Gasteiger partial charge in [0.15, 0.2) is 0 Å². The number of carbonyl (C=O) groups excluding carboxylic acids is 2. The molecule has 0 saturated heterocycles. The van der Waals surface area contributed by atoms with Gasteiger partial charge in [-0.1, -0.05) is 30.3 Å². The van der Waals surface area contributed by atoms with Crippen molar-refractivity contribution >= 4 is 11.9 Å². The molecule has 0 aromatic heterocycles. The van der Waals surface area contributed by atoms with Gasteiger partial charge < -0.3 is 10.1 Å². The van der Waals surface area contributed by atoms with Gasteiger partial charge in [-0.25, -0.2) is 4.79 Å². The van der Waals surface area contributed by atoms with Gasteiger partial charge >= 0.3 is 5.97 Å². The van der Waals surface area contributed by atoms with Crippen LogP contribution >= 0.6 is 0 Å². The van der Waals surface area contributed by atoms with Gasteiger partial charge in [-0.3, -0.25) is 10.1 Å². The Kier molecular flexibility index (Phi) is 5.70. The van der Waals surface area contributed by atoms with Crippen molar-refractivity contribution in [2.24, 2.45) is 0 Å². The van der Waals surface area contributed by atoms with E-state index in [0.29, 0.717) is 0 Å². The minimum atomic E-state index is -0.646. The zero-order valence-corrected chi connectivity index (χ0v) is 12.4. The third kappa shape index (κ3) is 5.40. The molecule has 2 N–H and O–H groups in total. The summed E-state index contributed by atoms with van der Waals surface area (Å²) in [6.07, 6.45) is 0. The quantitative estimate of drug-likeness (QED) is 0.799. The van der Waals surface area contributed by atoms with Gasteiger partial charge in [0.1, 0.15) is 6.04 Å². The lowest BCUT2D eigenvalue weighted by molar-refractivity contribution is -0.143. The van der Waals surface area contributed by atoms with Crippen LogP contribution in [0.3, 0.4) is 0 Å². The summed E-state index contributed by atoms with van der Waals surface area (Å²) in [6.45, 7) is 5.76. The van der Waals surface area contributed by atoms with Gasteiger partial charge in [0.2, 0.25) is 5.91 Å². The monoisotopic (exact) mass is 278 g/mol. The van der Waals surface area contributed by atoms with Crippen LogP contribution in [0.25, 0.3) is 0 Å². The molecule has 0 heterocycles. The third-order valence-corrected chi connectivity index (χ3v) is 2.55. The van der Waals surface area contributed by atoms with Crippen LogP contribution in [-0.4, -0.2) is 31.1 Å². The van der Waals surface area contributed by atoms with E-state index in [0.717, 1.165) is 5.56 Å². The number of hydrogen-bond acceptors (Lipinski definition) is 4. The van der Waals surface area contributed by atoms with Gasteiger partial charge in [0, 0.05) is 5.54 Å². The first-order valence-electron chi connectivity index (χ1n) is 6.50. The predicted molar refractivity (Wildman–Crippen MR) is 77.1 cm³/mol. The van der Waals surface area contributed by atoms with Crippen molar-refractivity contribution in [3.05, 3.63) is 35.9 Å². The molecule has 1 aromatic carbocycles. The molecule has 1 rings (SSSR count). The number of ether oxygens (including phenoxy) is 1. The van der Waals surface area contributed by atoms with Crippen LogP contribution in [0.4, 0.5) is 0 Å². The highest BCUT2D eigenvalue weighted by atomic mass is 16.5. The van der Waals surface area contributed by atoms with E-state index in [1.54, 1.807) is 0 Å². The van der Waals surface area contributed by atoms with Crippen LogP contribution in [0.2, 0.25) is 0 Å². The van der Waals surface area contributed by atoms with Crippen molar-refractivity contribution in [2.45, 2.75) is 32.4 Å². The Morgan fingerprint density at radius 3 is 2.30 bits per heavy atom. The van der Waals surface area contributed by atoms with Crippen molar-refractivity contribution in [1.82, 2.24) is 10.6 Å². The molecular formula is C15H22N2O3. The number of methoxy groups -OCH3 is 1. The second-order valence-corrected chi connectivity index (χ2v) is 5.55. The fourth-order valence-corrected chi connectivity index (χ4v) is 1.76. The minimum absolute atomic E-state index is 0.0476. The van der Waals surface area contributed by atoms with E-state index in [2.05, 4.69) is 10.6 Å². The lowest BCUT2D eigenvalue weighted by atomic mass is 10.1. The number of esters is 1. The van der Waals surface area contributed by atoms with E-state index in [1.807, 2.05) is 51.1 Å². The second kappa shape index (κ2) is 7.05. The molecule has 110 valence electrons.